The minimum absolute atomic E-state index is 0.423. The zero-order valence-electron chi connectivity index (χ0n) is 26.6. The van der Waals surface area contributed by atoms with E-state index in [9.17, 15) is 0 Å². The van der Waals surface area contributed by atoms with Crippen LogP contribution in [0.15, 0.2) is 140 Å². The van der Waals surface area contributed by atoms with E-state index >= 15 is 0 Å². The second-order valence-corrected chi connectivity index (χ2v) is 13.8. The summed E-state index contributed by atoms with van der Waals surface area (Å²) in [5.41, 5.74) is 10.1. The molecule has 3 aliphatic rings. The number of hydrogen-bond acceptors (Lipinski definition) is 0. The van der Waals surface area contributed by atoms with Gasteiger partial charge in [0.25, 0.3) is 0 Å². The Kier molecular flexibility index (Phi) is 6.16. The van der Waals surface area contributed by atoms with Gasteiger partial charge in [0.1, 0.15) is 0 Å². The van der Waals surface area contributed by atoms with Gasteiger partial charge in [-0.1, -0.05) is 121 Å². The SMILES string of the molecule is C1=CC2CC(CCc3ccc4c(c3)c3c(n4-c4ccccc4)CCC=C3)c3c(c4ccc5ccccc5c4c4ccccc34)C2C=C1. The summed E-state index contributed by atoms with van der Waals surface area (Å²) in [5, 5.41) is 9.80. The molecule has 0 fully saturated rings. The maximum absolute atomic E-state index is 2.50. The molecule has 0 N–H and O–H groups in total. The lowest BCUT2D eigenvalue weighted by molar-refractivity contribution is 0.421. The normalized spacial score (nSPS) is 19.8. The Balaban J connectivity index is 1.11. The molecule has 7 aromatic rings. The molecule has 47 heavy (non-hydrogen) atoms. The molecule has 10 rings (SSSR count). The van der Waals surface area contributed by atoms with Crippen LogP contribution in [-0.2, 0) is 12.8 Å². The topological polar surface area (TPSA) is 4.93 Å². The van der Waals surface area contributed by atoms with Crippen molar-refractivity contribution in [2.45, 2.75) is 43.9 Å². The number of aromatic nitrogens is 1. The van der Waals surface area contributed by atoms with E-state index in [1.807, 2.05) is 0 Å². The van der Waals surface area contributed by atoms with E-state index in [2.05, 4.69) is 150 Å². The average molecular weight is 604 g/mol. The number of aryl methyl sites for hydroxylation is 1. The maximum atomic E-state index is 2.50. The summed E-state index contributed by atoms with van der Waals surface area (Å²) in [6.45, 7) is 0. The van der Waals surface area contributed by atoms with Gasteiger partial charge in [0, 0.05) is 28.2 Å². The highest BCUT2D eigenvalue weighted by molar-refractivity contribution is 6.22. The van der Waals surface area contributed by atoms with Crippen LogP contribution in [0, 0.1) is 5.92 Å². The molecule has 1 heteroatoms. The number of para-hydroxylation sites is 1. The molecule has 3 atom stereocenters. The molecule has 0 saturated heterocycles. The fourth-order valence-corrected chi connectivity index (χ4v) is 9.35. The predicted molar refractivity (Wildman–Crippen MR) is 200 cm³/mol. The van der Waals surface area contributed by atoms with Gasteiger partial charge >= 0.3 is 0 Å². The lowest BCUT2D eigenvalue weighted by Gasteiger charge is -2.39. The highest BCUT2D eigenvalue weighted by Gasteiger charge is 2.36. The monoisotopic (exact) mass is 603 g/mol. The minimum Gasteiger partial charge on any atom is -0.313 e. The van der Waals surface area contributed by atoms with E-state index < -0.39 is 0 Å². The third-order valence-corrected chi connectivity index (χ3v) is 11.3. The standard InChI is InChI=1S/C46H37N/c1-2-14-34(15-3-1)47-42-21-11-10-18-37(42)41-28-30(23-27-43(41)47)22-24-33-29-32-13-5-7-17-36(32)46-40-26-25-31-12-4-6-16-35(31)45(40)39-20-9-8-19-38(39)44(33)46/h1-10,12-20,23,25-28,32-33,36H,11,21-22,24,29H2. The van der Waals surface area contributed by atoms with E-state index in [0.717, 1.165) is 25.7 Å². The summed E-state index contributed by atoms with van der Waals surface area (Å²) >= 11 is 0. The summed E-state index contributed by atoms with van der Waals surface area (Å²) in [6, 6.07) is 41.2. The Labute approximate surface area is 276 Å². The van der Waals surface area contributed by atoms with Crippen molar-refractivity contribution < 1.29 is 0 Å². The number of fused-ring (bicyclic) bond motifs is 13. The first-order valence-electron chi connectivity index (χ1n) is 17.4. The molecule has 0 bridgehead atoms. The smallest absolute Gasteiger partial charge is 0.0537 e. The number of benzene rings is 6. The molecular weight excluding hydrogens is 567 g/mol. The summed E-state index contributed by atoms with van der Waals surface area (Å²) < 4.78 is 2.50. The van der Waals surface area contributed by atoms with Crippen LogP contribution in [0.5, 0.6) is 0 Å². The maximum Gasteiger partial charge on any atom is 0.0537 e. The number of rotatable bonds is 4. The fourth-order valence-electron chi connectivity index (χ4n) is 9.35. The van der Waals surface area contributed by atoms with Crippen LogP contribution in [0.25, 0.3) is 55.0 Å². The Morgan fingerprint density at radius 1 is 0.660 bits per heavy atom. The first-order valence-corrected chi connectivity index (χ1v) is 17.4. The van der Waals surface area contributed by atoms with Gasteiger partial charge in [-0.05, 0) is 117 Å². The number of hydrogen-bond donors (Lipinski definition) is 0. The minimum atomic E-state index is 0.423. The summed E-state index contributed by atoms with van der Waals surface area (Å²) in [5.74, 6) is 1.46. The van der Waals surface area contributed by atoms with Gasteiger partial charge in [0.2, 0.25) is 0 Å². The van der Waals surface area contributed by atoms with Gasteiger partial charge in [-0.3, -0.25) is 0 Å². The van der Waals surface area contributed by atoms with Crippen molar-refractivity contribution in [3.8, 4) is 5.69 Å². The van der Waals surface area contributed by atoms with Crippen molar-refractivity contribution in [2.75, 3.05) is 0 Å². The fraction of sp³-hybridized carbons (Fsp3) is 0.174. The van der Waals surface area contributed by atoms with E-state index in [1.54, 1.807) is 11.1 Å². The Bertz CT molecular complexity index is 2450. The Hall–Kier alpha value is -5.14. The van der Waals surface area contributed by atoms with E-state index in [1.165, 1.54) is 72.1 Å². The van der Waals surface area contributed by atoms with E-state index in [0.29, 0.717) is 17.8 Å². The third kappa shape index (κ3) is 4.16. The average Bonchev–Trinajstić information content (AvgIpc) is 3.47. The Morgan fingerprint density at radius 3 is 2.38 bits per heavy atom. The molecule has 0 saturated carbocycles. The van der Waals surface area contributed by atoms with Crippen molar-refractivity contribution >= 4 is 49.3 Å². The van der Waals surface area contributed by atoms with Crippen molar-refractivity contribution in [2.24, 2.45) is 5.92 Å². The zero-order valence-corrected chi connectivity index (χ0v) is 26.6. The molecule has 3 aliphatic carbocycles. The summed E-state index contributed by atoms with van der Waals surface area (Å²) in [4.78, 5) is 0. The molecule has 0 amide bonds. The van der Waals surface area contributed by atoms with Crippen molar-refractivity contribution in [3.63, 3.8) is 0 Å². The molecule has 6 aromatic carbocycles. The second kappa shape index (κ2) is 10.7. The quantitative estimate of drug-likeness (QED) is 0.176. The Morgan fingerprint density at radius 2 is 1.47 bits per heavy atom. The third-order valence-electron chi connectivity index (χ3n) is 11.3. The van der Waals surface area contributed by atoms with E-state index in [4.69, 9.17) is 0 Å². The van der Waals surface area contributed by atoms with Gasteiger partial charge in [-0.15, -0.1) is 0 Å². The van der Waals surface area contributed by atoms with Crippen molar-refractivity contribution in [1.29, 1.82) is 0 Å². The van der Waals surface area contributed by atoms with Crippen LogP contribution in [0.1, 0.15) is 59.0 Å². The number of allylic oxidation sites excluding steroid dienone is 5. The molecule has 0 spiro atoms. The van der Waals surface area contributed by atoms with Crippen LogP contribution in [-0.4, -0.2) is 4.57 Å². The molecule has 1 nitrogen and oxygen atoms in total. The van der Waals surface area contributed by atoms with Crippen LogP contribution in [0.4, 0.5) is 0 Å². The van der Waals surface area contributed by atoms with Crippen LogP contribution < -0.4 is 0 Å². The molecule has 0 radical (unpaired) electrons. The molecule has 226 valence electrons. The lowest BCUT2D eigenvalue weighted by atomic mass is 9.65. The van der Waals surface area contributed by atoms with Gasteiger partial charge in [-0.25, -0.2) is 0 Å². The first-order chi connectivity index (χ1) is 23.3. The summed E-state index contributed by atoms with van der Waals surface area (Å²) in [7, 11) is 0. The van der Waals surface area contributed by atoms with Crippen LogP contribution >= 0.6 is 0 Å². The highest BCUT2D eigenvalue weighted by atomic mass is 15.0. The lowest BCUT2D eigenvalue weighted by Crippen LogP contribution is -2.24. The van der Waals surface area contributed by atoms with E-state index in [-0.39, 0.29) is 0 Å². The van der Waals surface area contributed by atoms with Gasteiger partial charge in [0.15, 0.2) is 0 Å². The summed E-state index contributed by atoms with van der Waals surface area (Å²) in [6.07, 6.45) is 19.9. The van der Waals surface area contributed by atoms with Crippen LogP contribution in [0.3, 0.4) is 0 Å². The highest BCUT2D eigenvalue weighted by Crippen LogP contribution is 2.53. The van der Waals surface area contributed by atoms with Gasteiger partial charge < -0.3 is 4.57 Å². The van der Waals surface area contributed by atoms with Gasteiger partial charge in [0.05, 0.1) is 5.52 Å². The van der Waals surface area contributed by atoms with Gasteiger partial charge in [-0.2, -0.15) is 0 Å². The van der Waals surface area contributed by atoms with Crippen LogP contribution in [0.2, 0.25) is 0 Å². The largest absolute Gasteiger partial charge is 0.313 e. The second-order valence-electron chi connectivity index (χ2n) is 13.8. The molecule has 1 aromatic heterocycles. The van der Waals surface area contributed by atoms with Crippen molar-refractivity contribution in [1.82, 2.24) is 4.57 Å². The molecule has 0 aliphatic heterocycles. The molecule has 3 unspecified atom stereocenters. The first kappa shape index (κ1) is 27.0. The molecular formula is C46H37N. The zero-order chi connectivity index (χ0) is 30.9. The predicted octanol–water partition coefficient (Wildman–Crippen LogP) is 12.0. The molecule has 1 heterocycles. The van der Waals surface area contributed by atoms with Crippen molar-refractivity contribution in [3.05, 3.63) is 168 Å². The number of nitrogens with zero attached hydrogens (tertiary/aromatic N) is 1.